The largest absolute Gasteiger partial charge is 0.469 e. The van der Waals surface area contributed by atoms with E-state index in [1.54, 1.807) is 0 Å². The monoisotopic (exact) mass is 200 g/mol. The Kier molecular flexibility index (Phi) is 7.11. The second kappa shape index (κ2) is 7.56. The SMILES string of the molecule is CCC/C=C(/CC)C(O)CC(=O)OC. The summed E-state index contributed by atoms with van der Waals surface area (Å²) in [7, 11) is 1.33. The first-order valence-corrected chi connectivity index (χ1v) is 5.09. The number of esters is 1. The van der Waals surface area contributed by atoms with Crippen LogP contribution in [0.4, 0.5) is 0 Å². The molecule has 0 radical (unpaired) electrons. The first-order chi connectivity index (χ1) is 6.65. The Bertz CT molecular complexity index is 197. The number of rotatable bonds is 6. The van der Waals surface area contributed by atoms with Crippen LogP contribution in [-0.2, 0) is 9.53 Å². The Hall–Kier alpha value is -0.830. The Labute approximate surface area is 85.8 Å². The maximum absolute atomic E-state index is 10.9. The number of carbonyl (C=O) groups excluding carboxylic acids is 1. The Morgan fingerprint density at radius 1 is 1.50 bits per heavy atom. The highest BCUT2D eigenvalue weighted by molar-refractivity contribution is 5.70. The van der Waals surface area contributed by atoms with Gasteiger partial charge >= 0.3 is 5.97 Å². The molecule has 0 aromatic carbocycles. The van der Waals surface area contributed by atoms with Gasteiger partial charge in [0.05, 0.1) is 19.6 Å². The quantitative estimate of drug-likeness (QED) is 0.527. The van der Waals surface area contributed by atoms with Crippen LogP contribution < -0.4 is 0 Å². The smallest absolute Gasteiger partial charge is 0.308 e. The second-order valence-corrected chi connectivity index (χ2v) is 3.22. The Morgan fingerprint density at radius 3 is 2.57 bits per heavy atom. The van der Waals surface area contributed by atoms with Gasteiger partial charge in [0.25, 0.3) is 0 Å². The number of ether oxygens (including phenoxy) is 1. The predicted molar refractivity (Wildman–Crippen MR) is 55.9 cm³/mol. The van der Waals surface area contributed by atoms with Crippen molar-refractivity contribution in [3.8, 4) is 0 Å². The maximum Gasteiger partial charge on any atom is 0.308 e. The van der Waals surface area contributed by atoms with Gasteiger partial charge in [-0.1, -0.05) is 26.3 Å². The lowest BCUT2D eigenvalue weighted by molar-refractivity contribution is -0.142. The highest BCUT2D eigenvalue weighted by Gasteiger charge is 2.13. The lowest BCUT2D eigenvalue weighted by Gasteiger charge is -2.12. The van der Waals surface area contributed by atoms with E-state index in [1.165, 1.54) is 7.11 Å². The summed E-state index contributed by atoms with van der Waals surface area (Å²) in [6.07, 6.45) is 4.15. The average molecular weight is 200 g/mol. The number of unbranched alkanes of at least 4 members (excludes halogenated alkanes) is 1. The van der Waals surface area contributed by atoms with Gasteiger partial charge < -0.3 is 9.84 Å². The van der Waals surface area contributed by atoms with Gasteiger partial charge in [0.15, 0.2) is 0 Å². The number of hydrogen-bond donors (Lipinski definition) is 1. The first kappa shape index (κ1) is 13.2. The van der Waals surface area contributed by atoms with E-state index in [2.05, 4.69) is 11.7 Å². The molecular formula is C11H20O3. The fraction of sp³-hybridized carbons (Fsp3) is 0.727. The van der Waals surface area contributed by atoms with Crippen LogP contribution in [0.2, 0.25) is 0 Å². The number of carbonyl (C=O) groups is 1. The van der Waals surface area contributed by atoms with Crippen molar-refractivity contribution in [2.24, 2.45) is 0 Å². The molecule has 14 heavy (non-hydrogen) atoms. The zero-order valence-corrected chi connectivity index (χ0v) is 9.25. The van der Waals surface area contributed by atoms with Crippen LogP contribution in [0.3, 0.4) is 0 Å². The van der Waals surface area contributed by atoms with Crippen LogP contribution in [-0.4, -0.2) is 24.3 Å². The maximum atomic E-state index is 10.9. The Morgan fingerprint density at radius 2 is 2.14 bits per heavy atom. The van der Waals surface area contributed by atoms with Crippen LogP contribution >= 0.6 is 0 Å². The van der Waals surface area contributed by atoms with Gasteiger partial charge in [0.2, 0.25) is 0 Å². The summed E-state index contributed by atoms with van der Waals surface area (Å²) in [6.45, 7) is 4.05. The van der Waals surface area contributed by atoms with E-state index in [0.29, 0.717) is 0 Å². The summed E-state index contributed by atoms with van der Waals surface area (Å²) in [5, 5.41) is 9.67. The van der Waals surface area contributed by atoms with Crippen LogP contribution in [0.1, 0.15) is 39.5 Å². The number of methoxy groups -OCH3 is 1. The fourth-order valence-corrected chi connectivity index (χ4v) is 1.22. The molecule has 0 amide bonds. The standard InChI is InChI=1S/C11H20O3/c1-4-6-7-9(5-2)10(12)8-11(13)14-3/h7,10,12H,4-6,8H2,1-3H3/b9-7-. The third-order valence-electron chi connectivity index (χ3n) is 2.12. The molecule has 0 saturated carbocycles. The summed E-state index contributed by atoms with van der Waals surface area (Å²) in [5.74, 6) is -0.367. The topological polar surface area (TPSA) is 46.5 Å². The second-order valence-electron chi connectivity index (χ2n) is 3.22. The van der Waals surface area contributed by atoms with Gasteiger partial charge in [-0.15, -0.1) is 0 Å². The Balaban J connectivity index is 4.16. The lowest BCUT2D eigenvalue weighted by Crippen LogP contribution is -2.16. The van der Waals surface area contributed by atoms with Crippen molar-refractivity contribution in [1.29, 1.82) is 0 Å². The number of aliphatic hydroxyl groups excluding tert-OH is 1. The molecule has 0 aliphatic heterocycles. The van der Waals surface area contributed by atoms with Crippen LogP contribution in [0, 0.1) is 0 Å². The summed E-state index contributed by atoms with van der Waals surface area (Å²) >= 11 is 0. The molecule has 0 aliphatic rings. The van der Waals surface area contributed by atoms with Gasteiger partial charge in [-0.25, -0.2) is 0 Å². The van der Waals surface area contributed by atoms with E-state index in [-0.39, 0.29) is 12.4 Å². The molecule has 0 aromatic heterocycles. The zero-order chi connectivity index (χ0) is 11.0. The molecule has 1 atom stereocenters. The molecule has 1 unspecified atom stereocenters. The van der Waals surface area contributed by atoms with Crippen LogP contribution in [0.15, 0.2) is 11.6 Å². The molecule has 3 nitrogen and oxygen atoms in total. The van der Waals surface area contributed by atoms with Crippen molar-refractivity contribution in [2.75, 3.05) is 7.11 Å². The molecule has 1 N–H and O–H groups in total. The summed E-state index contributed by atoms with van der Waals surface area (Å²) in [4.78, 5) is 10.9. The molecular weight excluding hydrogens is 180 g/mol. The summed E-state index contributed by atoms with van der Waals surface area (Å²) in [6, 6.07) is 0. The van der Waals surface area contributed by atoms with E-state index < -0.39 is 6.10 Å². The van der Waals surface area contributed by atoms with Gasteiger partial charge in [0, 0.05) is 0 Å². The average Bonchev–Trinajstić information content (AvgIpc) is 2.18. The molecule has 82 valence electrons. The number of aliphatic hydroxyl groups is 1. The lowest BCUT2D eigenvalue weighted by atomic mass is 10.0. The predicted octanol–water partition coefficient (Wildman–Crippen LogP) is 2.05. The third-order valence-corrected chi connectivity index (χ3v) is 2.12. The third kappa shape index (κ3) is 5.02. The van der Waals surface area contributed by atoms with Gasteiger partial charge in [-0.2, -0.15) is 0 Å². The van der Waals surface area contributed by atoms with Crippen molar-refractivity contribution in [3.63, 3.8) is 0 Å². The minimum atomic E-state index is -0.681. The fourth-order valence-electron chi connectivity index (χ4n) is 1.22. The van der Waals surface area contributed by atoms with Crippen LogP contribution in [0.5, 0.6) is 0 Å². The van der Waals surface area contributed by atoms with Gasteiger partial charge in [-0.05, 0) is 18.4 Å². The molecule has 0 aromatic rings. The van der Waals surface area contributed by atoms with Crippen LogP contribution in [0.25, 0.3) is 0 Å². The minimum absolute atomic E-state index is 0.0554. The molecule has 0 rings (SSSR count). The van der Waals surface area contributed by atoms with E-state index >= 15 is 0 Å². The number of hydrogen-bond acceptors (Lipinski definition) is 3. The van der Waals surface area contributed by atoms with E-state index in [1.807, 2.05) is 13.0 Å². The van der Waals surface area contributed by atoms with E-state index in [0.717, 1.165) is 24.8 Å². The minimum Gasteiger partial charge on any atom is -0.469 e. The van der Waals surface area contributed by atoms with Crippen molar-refractivity contribution >= 4 is 5.97 Å². The number of allylic oxidation sites excluding steroid dienone is 1. The zero-order valence-electron chi connectivity index (χ0n) is 9.25. The van der Waals surface area contributed by atoms with Gasteiger partial charge in [-0.3, -0.25) is 4.79 Å². The highest BCUT2D eigenvalue weighted by atomic mass is 16.5. The highest BCUT2D eigenvalue weighted by Crippen LogP contribution is 2.12. The molecule has 0 bridgehead atoms. The molecule has 0 heterocycles. The van der Waals surface area contributed by atoms with E-state index in [9.17, 15) is 9.90 Å². The molecule has 0 fully saturated rings. The molecule has 3 heteroatoms. The summed E-state index contributed by atoms with van der Waals surface area (Å²) < 4.78 is 4.49. The molecule has 0 saturated heterocycles. The van der Waals surface area contributed by atoms with Crippen molar-refractivity contribution in [2.45, 2.75) is 45.6 Å². The first-order valence-electron chi connectivity index (χ1n) is 5.09. The molecule has 0 spiro atoms. The van der Waals surface area contributed by atoms with Crippen molar-refractivity contribution in [3.05, 3.63) is 11.6 Å². The molecule has 0 aliphatic carbocycles. The van der Waals surface area contributed by atoms with Gasteiger partial charge in [0.1, 0.15) is 0 Å². The van der Waals surface area contributed by atoms with E-state index in [4.69, 9.17) is 0 Å². The van der Waals surface area contributed by atoms with Crippen molar-refractivity contribution < 1.29 is 14.6 Å². The van der Waals surface area contributed by atoms with Crippen molar-refractivity contribution in [1.82, 2.24) is 0 Å². The summed E-state index contributed by atoms with van der Waals surface area (Å²) in [5.41, 5.74) is 0.928. The normalized spacial score (nSPS) is 13.9.